The zero-order valence-corrected chi connectivity index (χ0v) is 26.4. The summed E-state index contributed by atoms with van der Waals surface area (Å²) >= 11 is 0. The molecule has 2 fully saturated rings. The molecule has 16 nitrogen and oxygen atoms in total. The van der Waals surface area contributed by atoms with E-state index in [1.807, 2.05) is 0 Å². The molecule has 1 N–H and O–H groups in total. The van der Waals surface area contributed by atoms with Crippen molar-refractivity contribution in [2.75, 3.05) is 13.2 Å². The smallest absolute Gasteiger partial charge is 0.303 e. The summed E-state index contributed by atoms with van der Waals surface area (Å²) in [4.78, 5) is 76.4. The average molecular weight is 664 g/mol. The van der Waals surface area contributed by atoms with Crippen LogP contribution < -0.4 is 0 Å². The van der Waals surface area contributed by atoms with Gasteiger partial charge in [-0.15, -0.1) is 6.58 Å². The number of benzene rings is 1. The van der Waals surface area contributed by atoms with Crippen LogP contribution in [0.5, 0.6) is 0 Å². The molecule has 4 rings (SSSR count). The first-order valence-electron chi connectivity index (χ1n) is 14.7. The first kappa shape index (κ1) is 35.6. The van der Waals surface area contributed by atoms with Gasteiger partial charge in [0.1, 0.15) is 31.0 Å². The Kier molecular flexibility index (Phi) is 11.5. The van der Waals surface area contributed by atoms with E-state index >= 15 is 0 Å². The highest BCUT2D eigenvalue weighted by Crippen LogP contribution is 2.37. The second-order valence-corrected chi connectivity index (χ2v) is 11.0. The van der Waals surface area contributed by atoms with Gasteiger partial charge in [-0.05, 0) is 19.1 Å². The maximum Gasteiger partial charge on any atom is 0.303 e. The van der Waals surface area contributed by atoms with E-state index in [2.05, 4.69) is 6.58 Å². The van der Waals surface area contributed by atoms with Gasteiger partial charge >= 0.3 is 23.9 Å². The molecular formula is C31H37NO15. The third-order valence-electron chi connectivity index (χ3n) is 7.52. The SMILES string of the molecule is C=CCO[C@H]1O[C@@H](C)[C@@H](OC(C)=O)[C@@H](O[C@@H]2O[C@H](COC(C)=O)[C@@H](OC(C)=O)[C@H](O)[C@H]2N2C(=O)c3ccccc3C2=O)[C@@H]1OC(C)=O. The molecule has 256 valence electrons. The summed E-state index contributed by atoms with van der Waals surface area (Å²) < 4.78 is 45.6. The number of imide groups is 1. The number of carbonyl (C=O) groups excluding carboxylic acids is 6. The number of nitrogens with zero attached hydrogens (tertiary/aromatic N) is 1. The first-order chi connectivity index (χ1) is 22.2. The Balaban J connectivity index is 1.83. The number of carbonyl (C=O) groups is 6. The molecule has 0 saturated carbocycles. The van der Waals surface area contributed by atoms with Crippen molar-refractivity contribution in [3.8, 4) is 0 Å². The molecule has 47 heavy (non-hydrogen) atoms. The molecule has 0 spiro atoms. The van der Waals surface area contributed by atoms with Crippen LogP contribution in [0, 0.1) is 0 Å². The lowest BCUT2D eigenvalue weighted by Gasteiger charge is -2.49. The van der Waals surface area contributed by atoms with Gasteiger partial charge in [-0.25, -0.2) is 0 Å². The number of esters is 4. The van der Waals surface area contributed by atoms with E-state index in [0.29, 0.717) is 4.90 Å². The van der Waals surface area contributed by atoms with Crippen LogP contribution in [0.1, 0.15) is 55.3 Å². The van der Waals surface area contributed by atoms with Crippen molar-refractivity contribution in [3.63, 3.8) is 0 Å². The van der Waals surface area contributed by atoms with Crippen LogP contribution in [0.2, 0.25) is 0 Å². The summed E-state index contributed by atoms with van der Waals surface area (Å²) in [5, 5.41) is 11.8. The van der Waals surface area contributed by atoms with Crippen LogP contribution in [0.4, 0.5) is 0 Å². The van der Waals surface area contributed by atoms with E-state index in [-0.39, 0.29) is 17.7 Å². The summed E-state index contributed by atoms with van der Waals surface area (Å²) in [6.07, 6.45) is -11.6. The minimum atomic E-state index is -1.87. The molecule has 1 aromatic carbocycles. The predicted molar refractivity (Wildman–Crippen MR) is 154 cm³/mol. The van der Waals surface area contributed by atoms with E-state index in [0.717, 1.165) is 27.7 Å². The number of fused-ring (bicyclic) bond motifs is 1. The van der Waals surface area contributed by atoms with E-state index in [1.165, 1.54) is 25.1 Å². The topological polar surface area (TPSA) is 200 Å². The summed E-state index contributed by atoms with van der Waals surface area (Å²) in [5.74, 6) is -4.75. The molecule has 0 bridgehead atoms. The predicted octanol–water partition coefficient (Wildman–Crippen LogP) is 0.428. The summed E-state index contributed by atoms with van der Waals surface area (Å²) in [6.45, 7) is 8.97. The van der Waals surface area contributed by atoms with Gasteiger partial charge in [0.25, 0.3) is 11.8 Å². The van der Waals surface area contributed by atoms with Crippen molar-refractivity contribution in [1.82, 2.24) is 4.90 Å². The standard InChI is InChI=1S/C31H37NO15/c1-7-12-40-31-27(45-18(6)36)26(24(14(2)42-31)43-16(4)34)47-30-22(32-28(38)19-10-8-9-11-20(19)29(32)39)23(37)25(44-17(5)35)21(46-30)13-41-15(3)33/h7-11,14,21-27,30-31,37H,1,12-13H2,2-6H3/t14-,21+,22+,23+,24+,25+,26+,27-,30-,31-/m0/s1. The summed E-state index contributed by atoms with van der Waals surface area (Å²) in [5.41, 5.74) is 0.0605. The number of amides is 2. The lowest BCUT2D eigenvalue weighted by atomic mass is 9.94. The monoisotopic (exact) mass is 663 g/mol. The van der Waals surface area contributed by atoms with Crippen molar-refractivity contribution in [1.29, 1.82) is 0 Å². The molecule has 2 saturated heterocycles. The number of ether oxygens (including phenoxy) is 8. The normalized spacial score (nSPS) is 31.8. The summed E-state index contributed by atoms with van der Waals surface area (Å²) in [6, 6.07) is 4.23. The Bertz CT molecular complexity index is 1360. The highest BCUT2D eigenvalue weighted by atomic mass is 16.8. The maximum absolute atomic E-state index is 13.7. The number of hydrogen-bond acceptors (Lipinski definition) is 15. The fourth-order valence-electron chi connectivity index (χ4n) is 5.69. The van der Waals surface area contributed by atoms with Crippen molar-refractivity contribution < 1.29 is 71.8 Å². The summed E-state index contributed by atoms with van der Waals surface area (Å²) in [7, 11) is 0. The second kappa shape index (κ2) is 15.1. The Morgan fingerprint density at radius 2 is 1.38 bits per heavy atom. The van der Waals surface area contributed by atoms with Crippen LogP contribution in [0.15, 0.2) is 36.9 Å². The zero-order chi connectivity index (χ0) is 34.6. The molecule has 1 aromatic rings. The van der Waals surface area contributed by atoms with Crippen molar-refractivity contribution in [2.24, 2.45) is 0 Å². The average Bonchev–Trinajstić information content (AvgIpc) is 3.24. The van der Waals surface area contributed by atoms with Crippen LogP contribution in [-0.4, -0.2) is 120 Å². The Morgan fingerprint density at radius 3 is 1.91 bits per heavy atom. The largest absolute Gasteiger partial charge is 0.463 e. The third kappa shape index (κ3) is 7.85. The molecule has 0 aromatic heterocycles. The maximum atomic E-state index is 13.7. The van der Waals surface area contributed by atoms with Gasteiger partial charge in [0.05, 0.1) is 23.8 Å². The van der Waals surface area contributed by atoms with Crippen LogP contribution in [-0.2, 0) is 57.1 Å². The number of aliphatic hydroxyl groups is 1. The first-order valence-corrected chi connectivity index (χ1v) is 14.7. The van der Waals surface area contributed by atoms with Crippen molar-refractivity contribution >= 4 is 35.7 Å². The Morgan fingerprint density at radius 1 is 0.830 bits per heavy atom. The van der Waals surface area contributed by atoms with Crippen molar-refractivity contribution in [2.45, 2.75) is 96.0 Å². The number of rotatable bonds is 11. The van der Waals surface area contributed by atoms with Gasteiger partial charge in [0.15, 0.2) is 30.9 Å². The highest BCUT2D eigenvalue weighted by molar-refractivity contribution is 6.21. The fourth-order valence-corrected chi connectivity index (χ4v) is 5.69. The van der Waals surface area contributed by atoms with Crippen LogP contribution >= 0.6 is 0 Å². The second-order valence-electron chi connectivity index (χ2n) is 11.0. The highest BCUT2D eigenvalue weighted by Gasteiger charge is 2.58. The minimum absolute atomic E-state index is 0.0303. The van der Waals surface area contributed by atoms with Crippen LogP contribution in [0.25, 0.3) is 0 Å². The molecule has 0 unspecified atom stereocenters. The lowest BCUT2D eigenvalue weighted by molar-refractivity contribution is -0.348. The Labute approximate surface area is 269 Å². The van der Waals surface area contributed by atoms with Crippen LogP contribution in [0.3, 0.4) is 0 Å². The third-order valence-corrected chi connectivity index (χ3v) is 7.52. The van der Waals surface area contributed by atoms with E-state index in [9.17, 15) is 33.9 Å². The van der Waals surface area contributed by atoms with Gasteiger partial charge in [0, 0.05) is 27.7 Å². The molecule has 3 aliphatic rings. The van der Waals surface area contributed by atoms with Gasteiger partial charge in [-0.3, -0.25) is 33.7 Å². The molecule has 10 atom stereocenters. The molecular weight excluding hydrogens is 626 g/mol. The van der Waals surface area contributed by atoms with Crippen molar-refractivity contribution in [3.05, 3.63) is 48.0 Å². The van der Waals surface area contributed by atoms with E-state index in [4.69, 9.17) is 37.9 Å². The molecule has 0 radical (unpaired) electrons. The van der Waals surface area contributed by atoms with Gasteiger partial charge < -0.3 is 43.0 Å². The van der Waals surface area contributed by atoms with Gasteiger partial charge in [-0.1, -0.05) is 18.2 Å². The zero-order valence-electron chi connectivity index (χ0n) is 26.4. The minimum Gasteiger partial charge on any atom is -0.463 e. The Hall–Kier alpha value is -4.22. The number of hydrogen-bond donors (Lipinski definition) is 1. The fraction of sp³-hybridized carbons (Fsp3) is 0.548. The lowest BCUT2D eigenvalue weighted by Crippen LogP contribution is -2.69. The molecule has 0 aliphatic carbocycles. The van der Waals surface area contributed by atoms with E-state index < -0.39 is 104 Å². The molecule has 3 heterocycles. The quantitative estimate of drug-likeness (QED) is 0.148. The number of aliphatic hydroxyl groups excluding tert-OH is 1. The molecule has 2 amide bonds. The molecule has 3 aliphatic heterocycles. The van der Waals surface area contributed by atoms with Gasteiger partial charge in [-0.2, -0.15) is 0 Å². The van der Waals surface area contributed by atoms with E-state index in [1.54, 1.807) is 12.1 Å². The van der Waals surface area contributed by atoms with Gasteiger partial charge in [0.2, 0.25) is 0 Å². The molecule has 16 heteroatoms.